The van der Waals surface area contributed by atoms with Crippen molar-refractivity contribution in [3.05, 3.63) is 83.4 Å². The lowest BCUT2D eigenvalue weighted by molar-refractivity contribution is -0.140. The molecule has 1 atom stereocenters. The number of rotatable bonds is 16. The second-order valence-corrected chi connectivity index (χ2v) is 12.5. The van der Waals surface area contributed by atoms with E-state index in [1.807, 2.05) is 42.5 Å². The van der Waals surface area contributed by atoms with Crippen molar-refractivity contribution >= 4 is 21.8 Å². The fourth-order valence-electron chi connectivity index (χ4n) is 4.74. The molecular weight excluding hydrogens is 582 g/mol. The summed E-state index contributed by atoms with van der Waals surface area (Å²) in [5.74, 6) is 1.51. The average molecular weight is 624 g/mol. The molecule has 1 aliphatic rings. The summed E-state index contributed by atoms with van der Waals surface area (Å²) < 4.78 is 43.6. The van der Waals surface area contributed by atoms with Crippen LogP contribution in [0.1, 0.15) is 42.9 Å². The molecule has 0 radical (unpaired) electrons. The molecule has 1 aliphatic carbocycles. The van der Waals surface area contributed by atoms with Gasteiger partial charge in [-0.15, -0.1) is 0 Å². The predicted octanol–water partition coefficient (Wildman–Crippen LogP) is 3.86. The number of methoxy groups -OCH3 is 3. The van der Waals surface area contributed by atoms with Crippen LogP contribution >= 0.6 is 0 Å². The highest BCUT2D eigenvalue weighted by atomic mass is 32.2. The SMILES string of the molecule is COc1ccc(CN(C(=O)CCc2ccc(S(=O)(=O)NC3CC3)cc2)[C@@H](C)C(=O)NCCc2ccc(OC)c(OC)c2)cc1. The van der Waals surface area contributed by atoms with E-state index in [4.69, 9.17) is 14.2 Å². The van der Waals surface area contributed by atoms with Crippen molar-refractivity contribution in [1.29, 1.82) is 0 Å². The molecule has 0 spiro atoms. The van der Waals surface area contributed by atoms with Crippen molar-refractivity contribution in [3.63, 3.8) is 0 Å². The zero-order chi connectivity index (χ0) is 31.7. The molecule has 0 unspecified atom stereocenters. The van der Waals surface area contributed by atoms with E-state index in [1.165, 1.54) is 0 Å². The number of aryl methyl sites for hydroxylation is 1. The Balaban J connectivity index is 1.39. The normalized spacial score (nSPS) is 13.5. The van der Waals surface area contributed by atoms with Crippen LogP contribution in [-0.2, 0) is 39.0 Å². The van der Waals surface area contributed by atoms with E-state index in [0.29, 0.717) is 36.6 Å². The van der Waals surface area contributed by atoms with E-state index in [9.17, 15) is 18.0 Å². The van der Waals surface area contributed by atoms with Crippen molar-refractivity contribution in [2.24, 2.45) is 0 Å². The first kappa shape index (κ1) is 32.8. The summed E-state index contributed by atoms with van der Waals surface area (Å²) in [5.41, 5.74) is 2.67. The lowest BCUT2D eigenvalue weighted by Crippen LogP contribution is -2.48. The van der Waals surface area contributed by atoms with Gasteiger partial charge >= 0.3 is 0 Å². The van der Waals surface area contributed by atoms with Gasteiger partial charge in [0.1, 0.15) is 11.8 Å². The number of nitrogens with one attached hydrogen (secondary N) is 2. The van der Waals surface area contributed by atoms with Crippen LogP contribution in [0.2, 0.25) is 0 Å². The number of carbonyl (C=O) groups is 2. The largest absolute Gasteiger partial charge is 0.497 e. The molecule has 0 bridgehead atoms. The van der Waals surface area contributed by atoms with Gasteiger partial charge in [-0.2, -0.15) is 0 Å². The highest BCUT2D eigenvalue weighted by Crippen LogP contribution is 2.27. The third kappa shape index (κ3) is 8.96. The van der Waals surface area contributed by atoms with E-state index < -0.39 is 16.1 Å². The minimum atomic E-state index is -3.54. The Morgan fingerprint density at radius 1 is 0.841 bits per heavy atom. The van der Waals surface area contributed by atoms with Crippen molar-refractivity contribution in [2.45, 2.75) is 62.6 Å². The lowest BCUT2D eigenvalue weighted by atomic mass is 10.1. The number of amides is 2. The maximum absolute atomic E-state index is 13.6. The van der Waals surface area contributed by atoms with Gasteiger partial charge in [0.2, 0.25) is 21.8 Å². The Labute approximate surface area is 259 Å². The Hall–Kier alpha value is -4.09. The summed E-state index contributed by atoms with van der Waals surface area (Å²) >= 11 is 0. The van der Waals surface area contributed by atoms with Gasteiger partial charge in [-0.05, 0) is 85.7 Å². The van der Waals surface area contributed by atoms with Gasteiger partial charge in [-0.3, -0.25) is 9.59 Å². The van der Waals surface area contributed by atoms with Gasteiger partial charge in [0.25, 0.3) is 0 Å². The zero-order valence-electron chi connectivity index (χ0n) is 25.7. The van der Waals surface area contributed by atoms with Gasteiger partial charge in [-0.1, -0.05) is 30.3 Å². The number of hydrogen-bond donors (Lipinski definition) is 2. The summed E-state index contributed by atoms with van der Waals surface area (Å²) in [7, 11) is 1.20. The fourth-order valence-corrected chi connectivity index (χ4v) is 6.05. The van der Waals surface area contributed by atoms with Gasteiger partial charge in [-0.25, -0.2) is 13.1 Å². The molecule has 0 saturated heterocycles. The van der Waals surface area contributed by atoms with Crippen LogP contribution in [0, 0.1) is 0 Å². The monoisotopic (exact) mass is 623 g/mol. The van der Waals surface area contributed by atoms with E-state index >= 15 is 0 Å². The molecule has 0 aromatic heterocycles. The molecule has 10 nitrogen and oxygen atoms in total. The molecule has 1 fully saturated rings. The fraction of sp³-hybridized carbons (Fsp3) is 0.394. The number of sulfonamides is 1. The molecule has 2 amide bonds. The Bertz CT molecular complexity index is 1520. The minimum absolute atomic E-state index is 0.0270. The van der Waals surface area contributed by atoms with Gasteiger partial charge in [0.15, 0.2) is 11.5 Å². The van der Waals surface area contributed by atoms with Crippen molar-refractivity contribution < 1.29 is 32.2 Å². The number of benzene rings is 3. The van der Waals surface area contributed by atoms with E-state index in [0.717, 1.165) is 29.5 Å². The molecule has 44 heavy (non-hydrogen) atoms. The smallest absolute Gasteiger partial charge is 0.242 e. The molecule has 2 N–H and O–H groups in total. The highest BCUT2D eigenvalue weighted by molar-refractivity contribution is 7.89. The molecular formula is C33H41N3O7S. The van der Waals surface area contributed by atoms with Crippen LogP contribution in [0.25, 0.3) is 0 Å². The molecule has 1 saturated carbocycles. The van der Waals surface area contributed by atoms with E-state index in [-0.39, 0.29) is 35.7 Å². The molecule has 4 rings (SSSR count). The quantitative estimate of drug-likeness (QED) is 0.248. The number of nitrogens with zero attached hydrogens (tertiary/aromatic N) is 1. The van der Waals surface area contributed by atoms with Gasteiger partial charge < -0.3 is 24.4 Å². The Kier molecular flexibility index (Phi) is 11.2. The third-order valence-corrected chi connectivity index (χ3v) is 9.14. The molecule has 236 valence electrons. The van der Waals surface area contributed by atoms with Gasteiger partial charge in [0.05, 0.1) is 26.2 Å². The van der Waals surface area contributed by atoms with Crippen LogP contribution in [0.5, 0.6) is 17.2 Å². The molecule has 0 aliphatic heterocycles. The van der Waals surface area contributed by atoms with Crippen LogP contribution in [0.3, 0.4) is 0 Å². The molecule has 3 aromatic carbocycles. The first-order valence-corrected chi connectivity index (χ1v) is 16.1. The second-order valence-electron chi connectivity index (χ2n) is 10.8. The number of ether oxygens (including phenoxy) is 3. The van der Waals surface area contributed by atoms with Crippen molar-refractivity contribution in [1.82, 2.24) is 14.9 Å². The molecule has 11 heteroatoms. The molecule has 0 heterocycles. The predicted molar refractivity (Wildman–Crippen MR) is 167 cm³/mol. The first-order valence-electron chi connectivity index (χ1n) is 14.7. The average Bonchev–Trinajstić information content (AvgIpc) is 3.85. The van der Waals surface area contributed by atoms with Crippen LogP contribution in [-0.4, -0.2) is 65.1 Å². The Morgan fingerprint density at radius 3 is 2.09 bits per heavy atom. The third-order valence-electron chi connectivity index (χ3n) is 7.60. The topological polar surface area (TPSA) is 123 Å². The lowest BCUT2D eigenvalue weighted by Gasteiger charge is -2.29. The van der Waals surface area contributed by atoms with Crippen molar-refractivity contribution in [3.8, 4) is 17.2 Å². The van der Waals surface area contributed by atoms with Crippen LogP contribution < -0.4 is 24.2 Å². The van der Waals surface area contributed by atoms with E-state index in [2.05, 4.69) is 10.0 Å². The number of hydrogen-bond acceptors (Lipinski definition) is 7. The minimum Gasteiger partial charge on any atom is -0.497 e. The summed E-state index contributed by atoms with van der Waals surface area (Å²) in [6, 6.07) is 18.9. The van der Waals surface area contributed by atoms with E-state index in [1.54, 1.807) is 57.4 Å². The number of carbonyl (C=O) groups excluding carboxylic acids is 2. The maximum atomic E-state index is 13.6. The summed E-state index contributed by atoms with van der Waals surface area (Å²) in [6.07, 6.45) is 2.86. The summed E-state index contributed by atoms with van der Waals surface area (Å²) in [6.45, 7) is 2.35. The van der Waals surface area contributed by atoms with Crippen molar-refractivity contribution in [2.75, 3.05) is 27.9 Å². The first-order chi connectivity index (χ1) is 21.1. The molecule has 3 aromatic rings. The van der Waals surface area contributed by atoms with Crippen LogP contribution in [0.15, 0.2) is 71.6 Å². The standard InChI is InChI=1S/C33H41N3O7S/c1-23(33(38)34-20-19-25-9-17-30(42-3)31(21-25)43-4)36(22-26-5-13-28(41-2)14-6-26)32(37)18-10-24-7-15-29(16-8-24)44(39,40)35-27-11-12-27/h5-9,13-17,21,23,27,35H,10-12,18-20,22H2,1-4H3,(H,34,38)/t23-/m0/s1. The Morgan fingerprint density at radius 2 is 1.48 bits per heavy atom. The summed E-state index contributed by atoms with van der Waals surface area (Å²) in [4.78, 5) is 28.6. The highest BCUT2D eigenvalue weighted by Gasteiger charge is 2.28. The van der Waals surface area contributed by atoms with Crippen LogP contribution in [0.4, 0.5) is 0 Å². The maximum Gasteiger partial charge on any atom is 0.242 e. The summed E-state index contributed by atoms with van der Waals surface area (Å²) in [5, 5.41) is 2.96. The van der Waals surface area contributed by atoms with Gasteiger partial charge in [0, 0.05) is 25.6 Å². The zero-order valence-corrected chi connectivity index (χ0v) is 26.5. The second kappa shape index (κ2) is 15.1.